The fourth-order valence-corrected chi connectivity index (χ4v) is 8.59. The molecule has 6 heteroatoms. The number of hydrogen-bond acceptors (Lipinski definition) is 6. The molecule has 4 aliphatic carbocycles. The molecule has 4 aliphatic rings. The van der Waals surface area contributed by atoms with E-state index in [2.05, 4.69) is 48.5 Å². The average molecular weight is 585 g/mol. The molecule has 6 aromatic rings. The molecule has 6 nitrogen and oxygen atoms in total. The van der Waals surface area contributed by atoms with Gasteiger partial charge in [0.15, 0.2) is 23.3 Å². The summed E-state index contributed by atoms with van der Waals surface area (Å²) in [6.07, 6.45) is 5.40. The van der Waals surface area contributed by atoms with Crippen molar-refractivity contribution >= 4 is 0 Å². The van der Waals surface area contributed by atoms with E-state index in [1.54, 1.807) is 0 Å². The first-order valence-corrected chi connectivity index (χ1v) is 15.9. The van der Waals surface area contributed by atoms with Crippen LogP contribution in [0.5, 0.6) is 0 Å². The zero-order valence-corrected chi connectivity index (χ0v) is 24.9. The molecule has 4 fully saturated rings. The first-order valence-electron chi connectivity index (χ1n) is 15.9. The van der Waals surface area contributed by atoms with E-state index in [0.717, 1.165) is 82.9 Å². The van der Waals surface area contributed by atoms with Crippen molar-refractivity contribution < 1.29 is 0 Å². The molecular formula is C39H32N6. The van der Waals surface area contributed by atoms with Crippen molar-refractivity contribution in [2.45, 2.75) is 42.9 Å². The summed E-state index contributed by atoms with van der Waals surface area (Å²) in [7, 11) is 0. The van der Waals surface area contributed by atoms with Crippen LogP contribution in [0, 0.1) is 11.8 Å². The maximum atomic E-state index is 5.28. The summed E-state index contributed by atoms with van der Waals surface area (Å²) in [6.45, 7) is 0. The van der Waals surface area contributed by atoms with Crippen molar-refractivity contribution in [3.05, 3.63) is 133 Å². The first-order chi connectivity index (χ1) is 22.2. The molecule has 4 unspecified atom stereocenters. The molecule has 4 bridgehead atoms. The molecule has 4 saturated carbocycles. The predicted molar refractivity (Wildman–Crippen MR) is 175 cm³/mol. The van der Waals surface area contributed by atoms with Gasteiger partial charge in [-0.05, 0) is 43.9 Å². The molecule has 2 heterocycles. The van der Waals surface area contributed by atoms with E-state index in [4.69, 9.17) is 29.9 Å². The molecule has 0 saturated heterocycles. The smallest absolute Gasteiger partial charge is 0.163 e. The zero-order chi connectivity index (χ0) is 29.8. The van der Waals surface area contributed by atoms with Crippen LogP contribution in [0.15, 0.2) is 121 Å². The minimum absolute atomic E-state index is 0.134. The average Bonchev–Trinajstić information content (AvgIpc) is 3.52. The van der Waals surface area contributed by atoms with E-state index in [1.807, 2.05) is 72.8 Å². The zero-order valence-electron chi connectivity index (χ0n) is 24.9. The fourth-order valence-electron chi connectivity index (χ4n) is 8.59. The van der Waals surface area contributed by atoms with Crippen LogP contribution in [0.25, 0.3) is 45.6 Å². The van der Waals surface area contributed by atoms with E-state index in [-0.39, 0.29) is 10.8 Å². The minimum atomic E-state index is -0.145. The molecule has 4 aromatic carbocycles. The summed E-state index contributed by atoms with van der Waals surface area (Å²) < 4.78 is 0. The Bertz CT molecular complexity index is 1880. The first kappa shape index (κ1) is 26.3. The van der Waals surface area contributed by atoms with Crippen LogP contribution in [-0.2, 0) is 10.8 Å². The molecule has 0 radical (unpaired) electrons. The molecule has 10 rings (SSSR count). The van der Waals surface area contributed by atoms with Gasteiger partial charge in [0.1, 0.15) is 11.6 Å². The molecule has 0 N–H and O–H groups in total. The lowest BCUT2D eigenvalue weighted by Gasteiger charge is -2.39. The van der Waals surface area contributed by atoms with Gasteiger partial charge in [0, 0.05) is 33.1 Å². The second kappa shape index (κ2) is 10.2. The fraction of sp³-hybridized carbons (Fsp3) is 0.231. The molecule has 2 aromatic heterocycles. The molecule has 0 aliphatic heterocycles. The maximum Gasteiger partial charge on any atom is 0.163 e. The maximum absolute atomic E-state index is 5.28. The molecule has 45 heavy (non-hydrogen) atoms. The van der Waals surface area contributed by atoms with Crippen LogP contribution in [0.2, 0.25) is 0 Å². The van der Waals surface area contributed by atoms with Crippen molar-refractivity contribution in [1.82, 2.24) is 29.9 Å². The van der Waals surface area contributed by atoms with Gasteiger partial charge in [0.05, 0.1) is 0 Å². The lowest BCUT2D eigenvalue weighted by Crippen LogP contribution is -2.38. The Kier molecular flexibility index (Phi) is 5.98. The topological polar surface area (TPSA) is 77.3 Å². The monoisotopic (exact) mass is 584 g/mol. The molecule has 4 atom stereocenters. The van der Waals surface area contributed by atoms with E-state index in [1.165, 1.54) is 6.42 Å². The Morgan fingerprint density at radius 3 is 1.24 bits per heavy atom. The number of nitrogens with zero attached hydrogens (tertiary/aromatic N) is 6. The highest BCUT2D eigenvalue weighted by atomic mass is 15.1. The summed E-state index contributed by atoms with van der Waals surface area (Å²) in [5.41, 5.74) is 3.77. The standard InChI is InChI=1S/C39H32N6/c1-5-13-27(14-6-1)32-40-33(28-15-7-2-8-16-28)43-36(42-32)38-22-26-21-31(24-38)39(23-26,25-38)37-44-34(29-17-9-3-10-18-29)41-35(45-37)30-19-11-4-12-20-30/h1-20,26,31H,21-25H2. The van der Waals surface area contributed by atoms with Crippen LogP contribution in [0.4, 0.5) is 0 Å². The van der Waals surface area contributed by atoms with Crippen LogP contribution < -0.4 is 0 Å². The van der Waals surface area contributed by atoms with Crippen molar-refractivity contribution in [2.24, 2.45) is 11.8 Å². The van der Waals surface area contributed by atoms with Gasteiger partial charge in [-0.1, -0.05) is 121 Å². The van der Waals surface area contributed by atoms with Gasteiger partial charge in [-0.2, -0.15) is 0 Å². The number of benzene rings is 4. The Labute approximate surface area is 262 Å². The number of aromatic nitrogens is 6. The third kappa shape index (κ3) is 4.39. The van der Waals surface area contributed by atoms with Crippen LogP contribution in [0.3, 0.4) is 0 Å². The van der Waals surface area contributed by atoms with Gasteiger partial charge < -0.3 is 0 Å². The summed E-state index contributed by atoms with van der Waals surface area (Å²) in [5.74, 6) is 5.89. The van der Waals surface area contributed by atoms with Crippen molar-refractivity contribution in [1.29, 1.82) is 0 Å². The lowest BCUT2D eigenvalue weighted by atomic mass is 9.66. The Morgan fingerprint density at radius 2 is 0.822 bits per heavy atom. The van der Waals surface area contributed by atoms with Gasteiger partial charge in [-0.25, -0.2) is 29.9 Å². The SMILES string of the molecule is c1ccc(-c2nc(-c3ccccc3)nc(C34CC5CC(C3)C(c3nc(-c6ccccc6)nc(-c6ccccc6)n3)(C5)C4)n2)cc1. The van der Waals surface area contributed by atoms with Crippen LogP contribution >= 0.6 is 0 Å². The second-order valence-corrected chi connectivity index (χ2v) is 13.1. The highest BCUT2D eigenvalue weighted by Gasteiger charge is 2.67. The third-order valence-corrected chi connectivity index (χ3v) is 10.3. The number of hydrogen-bond donors (Lipinski definition) is 0. The van der Waals surface area contributed by atoms with Crippen molar-refractivity contribution in [3.63, 3.8) is 0 Å². The normalized spacial score (nSPS) is 24.6. The van der Waals surface area contributed by atoms with E-state index in [0.29, 0.717) is 11.8 Å². The highest BCUT2D eigenvalue weighted by molar-refractivity contribution is 5.63. The van der Waals surface area contributed by atoms with Crippen molar-refractivity contribution in [2.75, 3.05) is 0 Å². The third-order valence-electron chi connectivity index (χ3n) is 10.3. The molecular weight excluding hydrogens is 552 g/mol. The Balaban J connectivity index is 1.19. The summed E-state index contributed by atoms with van der Waals surface area (Å²) >= 11 is 0. The Morgan fingerprint density at radius 1 is 0.422 bits per heavy atom. The van der Waals surface area contributed by atoms with E-state index in [9.17, 15) is 0 Å². The second-order valence-electron chi connectivity index (χ2n) is 13.1. The van der Waals surface area contributed by atoms with Crippen LogP contribution in [0.1, 0.15) is 43.8 Å². The molecule has 0 amide bonds. The van der Waals surface area contributed by atoms with Gasteiger partial charge in [-0.3, -0.25) is 0 Å². The minimum Gasteiger partial charge on any atom is -0.212 e. The highest BCUT2D eigenvalue weighted by Crippen LogP contribution is 2.70. The van der Waals surface area contributed by atoms with Gasteiger partial charge in [0.25, 0.3) is 0 Å². The van der Waals surface area contributed by atoms with E-state index < -0.39 is 0 Å². The number of rotatable bonds is 6. The Hall–Kier alpha value is -5.10. The summed E-state index contributed by atoms with van der Waals surface area (Å²) in [6, 6.07) is 41.2. The van der Waals surface area contributed by atoms with E-state index >= 15 is 0 Å². The predicted octanol–water partition coefficient (Wildman–Crippen LogP) is 8.12. The molecule has 0 spiro atoms. The van der Waals surface area contributed by atoms with Crippen LogP contribution in [-0.4, -0.2) is 29.9 Å². The lowest BCUT2D eigenvalue weighted by molar-refractivity contribution is 0.206. The quantitative estimate of drug-likeness (QED) is 0.197. The van der Waals surface area contributed by atoms with Gasteiger partial charge in [-0.15, -0.1) is 0 Å². The van der Waals surface area contributed by atoms with Gasteiger partial charge >= 0.3 is 0 Å². The summed E-state index contributed by atoms with van der Waals surface area (Å²) in [4.78, 5) is 31.1. The van der Waals surface area contributed by atoms with Gasteiger partial charge in [0.2, 0.25) is 0 Å². The molecule has 218 valence electrons. The van der Waals surface area contributed by atoms with Crippen molar-refractivity contribution in [3.8, 4) is 45.6 Å². The summed E-state index contributed by atoms with van der Waals surface area (Å²) in [5, 5.41) is 0. The largest absolute Gasteiger partial charge is 0.212 e.